The summed E-state index contributed by atoms with van der Waals surface area (Å²) in [5.41, 5.74) is 4.17. The van der Waals surface area contributed by atoms with Gasteiger partial charge in [0.15, 0.2) is 0 Å². The quantitative estimate of drug-likeness (QED) is 0.331. The van der Waals surface area contributed by atoms with Crippen LogP contribution in [-0.4, -0.2) is 46.9 Å². The largest absolute Gasteiger partial charge is 0.497 e. The van der Waals surface area contributed by atoms with Gasteiger partial charge in [-0.25, -0.2) is 4.79 Å². The zero-order valence-corrected chi connectivity index (χ0v) is 21.2. The van der Waals surface area contributed by atoms with Crippen LogP contribution in [0.2, 0.25) is 0 Å². The van der Waals surface area contributed by atoms with Gasteiger partial charge in [-0.05, 0) is 55.2 Å². The summed E-state index contributed by atoms with van der Waals surface area (Å²) < 4.78 is 12.9. The number of hydrogen-bond acceptors (Lipinski definition) is 6. The summed E-state index contributed by atoms with van der Waals surface area (Å²) in [6, 6.07) is 20.5. The first kappa shape index (κ1) is 25.8. The van der Waals surface area contributed by atoms with Crippen LogP contribution in [0.5, 0.6) is 5.75 Å². The molecule has 2 aromatic carbocycles. The van der Waals surface area contributed by atoms with Crippen molar-refractivity contribution in [3.63, 3.8) is 0 Å². The van der Waals surface area contributed by atoms with E-state index in [-0.39, 0.29) is 6.61 Å². The Morgan fingerprint density at radius 3 is 2.53 bits per heavy atom. The third kappa shape index (κ3) is 6.48. The summed E-state index contributed by atoms with van der Waals surface area (Å²) in [7, 11) is 1.66. The Bertz CT molecular complexity index is 1200. The van der Waals surface area contributed by atoms with Gasteiger partial charge in [0, 0.05) is 17.7 Å². The van der Waals surface area contributed by atoms with Gasteiger partial charge in [-0.2, -0.15) is 10.4 Å². The standard InChI is InChI=1S/C28H31N3O4S/c1-34-24-9-5-8-23(16-24)26-27(22-6-3-2-4-7-22)31(30-28(26)36-15-14-29)17-20-10-12-21(13-11-20)18-35-19-25(32)33/h2-9,16,20-21H,10-13,15,17-19H2,1H3,(H,32,33). The Morgan fingerprint density at radius 1 is 1.11 bits per heavy atom. The smallest absolute Gasteiger partial charge is 0.329 e. The highest BCUT2D eigenvalue weighted by Gasteiger charge is 2.26. The van der Waals surface area contributed by atoms with Crippen LogP contribution in [-0.2, 0) is 16.1 Å². The first-order chi connectivity index (χ1) is 17.6. The fraction of sp³-hybridized carbons (Fsp3) is 0.393. The molecule has 36 heavy (non-hydrogen) atoms. The van der Waals surface area contributed by atoms with E-state index in [4.69, 9.17) is 19.7 Å². The second kappa shape index (κ2) is 12.6. The Morgan fingerprint density at radius 2 is 1.83 bits per heavy atom. The van der Waals surface area contributed by atoms with E-state index >= 15 is 0 Å². The number of ether oxygens (including phenoxy) is 2. The minimum atomic E-state index is -0.923. The number of carbonyl (C=O) groups is 1. The number of aromatic nitrogens is 2. The first-order valence-corrected chi connectivity index (χ1v) is 13.2. The van der Waals surface area contributed by atoms with Gasteiger partial charge in [0.25, 0.3) is 0 Å². The zero-order valence-electron chi connectivity index (χ0n) is 20.4. The van der Waals surface area contributed by atoms with E-state index in [2.05, 4.69) is 29.0 Å². The van der Waals surface area contributed by atoms with Crippen molar-refractivity contribution in [1.29, 1.82) is 5.26 Å². The van der Waals surface area contributed by atoms with Crippen LogP contribution in [0.4, 0.5) is 0 Å². The lowest BCUT2D eigenvalue weighted by atomic mass is 9.82. The normalized spacial score (nSPS) is 17.4. The molecule has 3 aromatic rings. The van der Waals surface area contributed by atoms with Gasteiger partial charge in [0.05, 0.1) is 31.2 Å². The molecule has 1 aliphatic rings. The lowest BCUT2D eigenvalue weighted by molar-refractivity contribution is -0.142. The molecule has 1 saturated carbocycles. The average molecular weight is 506 g/mol. The second-order valence-corrected chi connectivity index (χ2v) is 10.0. The molecule has 0 unspecified atom stereocenters. The molecule has 0 aliphatic heterocycles. The van der Waals surface area contributed by atoms with Crippen LogP contribution >= 0.6 is 11.8 Å². The van der Waals surface area contributed by atoms with Gasteiger partial charge in [0.1, 0.15) is 17.4 Å². The average Bonchev–Trinajstić information content (AvgIpc) is 3.26. The molecule has 8 heteroatoms. The monoisotopic (exact) mass is 505 g/mol. The fourth-order valence-corrected chi connectivity index (χ4v) is 5.56. The third-order valence-electron chi connectivity index (χ3n) is 6.58. The molecule has 1 N–H and O–H groups in total. The number of thioether (sulfide) groups is 1. The summed E-state index contributed by atoms with van der Waals surface area (Å²) in [6.45, 7) is 1.06. The van der Waals surface area contributed by atoms with Gasteiger partial charge in [-0.3, -0.25) is 4.68 Å². The van der Waals surface area contributed by atoms with E-state index in [1.165, 1.54) is 11.8 Å². The number of carboxylic acid groups (broad SMARTS) is 1. The highest BCUT2D eigenvalue weighted by atomic mass is 32.2. The number of nitriles is 1. The topological polar surface area (TPSA) is 97.4 Å². The Balaban J connectivity index is 1.63. The molecule has 0 spiro atoms. The number of methoxy groups -OCH3 is 1. The molecule has 7 nitrogen and oxygen atoms in total. The maximum Gasteiger partial charge on any atom is 0.329 e. The van der Waals surface area contributed by atoms with E-state index in [1.54, 1.807) is 7.11 Å². The van der Waals surface area contributed by atoms with Crippen LogP contribution in [0, 0.1) is 23.2 Å². The second-order valence-electron chi connectivity index (χ2n) is 9.05. The van der Waals surface area contributed by atoms with Gasteiger partial charge >= 0.3 is 5.97 Å². The minimum absolute atomic E-state index is 0.232. The van der Waals surface area contributed by atoms with Crippen molar-refractivity contribution in [1.82, 2.24) is 9.78 Å². The van der Waals surface area contributed by atoms with Crippen molar-refractivity contribution in [3.05, 3.63) is 54.6 Å². The molecule has 0 radical (unpaired) electrons. The van der Waals surface area contributed by atoms with E-state index in [0.29, 0.717) is 24.2 Å². The van der Waals surface area contributed by atoms with Crippen molar-refractivity contribution in [2.24, 2.45) is 11.8 Å². The summed E-state index contributed by atoms with van der Waals surface area (Å²) in [5, 5.41) is 24.0. The number of nitrogens with zero attached hydrogens (tertiary/aromatic N) is 3. The van der Waals surface area contributed by atoms with Crippen molar-refractivity contribution < 1.29 is 19.4 Å². The number of hydrogen-bond donors (Lipinski definition) is 1. The summed E-state index contributed by atoms with van der Waals surface area (Å²) in [6.07, 6.45) is 4.13. The molecule has 0 saturated heterocycles. The van der Waals surface area contributed by atoms with Crippen LogP contribution in [0.1, 0.15) is 25.7 Å². The molecule has 1 aliphatic carbocycles. The molecular formula is C28H31N3O4S. The summed E-state index contributed by atoms with van der Waals surface area (Å²) in [5.74, 6) is 1.05. The molecule has 1 fully saturated rings. The number of rotatable bonds is 11. The van der Waals surface area contributed by atoms with E-state index in [9.17, 15) is 10.1 Å². The number of carboxylic acids is 1. The van der Waals surface area contributed by atoms with Crippen molar-refractivity contribution in [2.45, 2.75) is 37.3 Å². The first-order valence-electron chi connectivity index (χ1n) is 12.2. The lowest BCUT2D eigenvalue weighted by Crippen LogP contribution is -2.23. The molecule has 0 amide bonds. The molecule has 1 heterocycles. The third-order valence-corrected chi connectivity index (χ3v) is 7.41. The maximum absolute atomic E-state index is 10.7. The maximum atomic E-state index is 10.7. The molecule has 0 atom stereocenters. The van der Waals surface area contributed by atoms with Crippen molar-refractivity contribution in [2.75, 3.05) is 26.1 Å². The van der Waals surface area contributed by atoms with E-state index in [1.807, 2.05) is 36.4 Å². The summed E-state index contributed by atoms with van der Waals surface area (Å²) in [4.78, 5) is 10.7. The molecule has 188 valence electrons. The highest BCUT2D eigenvalue weighted by Crippen LogP contribution is 2.41. The van der Waals surface area contributed by atoms with Gasteiger partial charge in [-0.15, -0.1) is 0 Å². The van der Waals surface area contributed by atoms with Crippen LogP contribution in [0.25, 0.3) is 22.4 Å². The zero-order chi connectivity index (χ0) is 25.3. The predicted octanol–water partition coefficient (Wildman–Crippen LogP) is 5.75. The lowest BCUT2D eigenvalue weighted by Gasteiger charge is -2.28. The predicted molar refractivity (Wildman–Crippen MR) is 140 cm³/mol. The van der Waals surface area contributed by atoms with Crippen LogP contribution in [0.3, 0.4) is 0 Å². The SMILES string of the molecule is COc1cccc(-c2c(SCC#N)nn(CC3CCC(COCC(=O)O)CC3)c2-c2ccccc2)c1. The van der Waals surface area contributed by atoms with Gasteiger partial charge in [-0.1, -0.05) is 54.2 Å². The number of aliphatic carboxylic acids is 1. The Kier molecular flexibility index (Phi) is 9.04. The molecule has 0 bridgehead atoms. The molecular weight excluding hydrogens is 474 g/mol. The number of benzene rings is 2. The van der Waals surface area contributed by atoms with Gasteiger partial charge in [0.2, 0.25) is 0 Å². The van der Waals surface area contributed by atoms with E-state index < -0.39 is 5.97 Å². The fourth-order valence-electron chi connectivity index (χ4n) is 4.84. The Labute approximate surface area is 216 Å². The molecule has 4 rings (SSSR count). The van der Waals surface area contributed by atoms with Gasteiger partial charge < -0.3 is 14.6 Å². The molecule has 1 aromatic heterocycles. The van der Waals surface area contributed by atoms with Crippen LogP contribution in [0.15, 0.2) is 59.6 Å². The van der Waals surface area contributed by atoms with E-state index in [0.717, 1.165) is 65.4 Å². The van der Waals surface area contributed by atoms with Crippen LogP contribution < -0.4 is 4.74 Å². The minimum Gasteiger partial charge on any atom is -0.497 e. The highest BCUT2D eigenvalue weighted by molar-refractivity contribution is 7.99. The Hall–Kier alpha value is -3.28. The summed E-state index contributed by atoms with van der Waals surface area (Å²) >= 11 is 1.46. The van der Waals surface area contributed by atoms with Crippen molar-refractivity contribution in [3.8, 4) is 34.2 Å². The van der Waals surface area contributed by atoms with Crippen molar-refractivity contribution >= 4 is 17.7 Å².